The van der Waals surface area contributed by atoms with Crippen molar-refractivity contribution in [1.82, 2.24) is 29.4 Å². The van der Waals surface area contributed by atoms with E-state index in [-0.39, 0.29) is 70.7 Å². The Kier molecular flexibility index (Phi) is 38.9. The van der Waals surface area contributed by atoms with Crippen molar-refractivity contribution >= 4 is 106 Å². The standard InChI is InChI=1S/C22H30N4O7S.C21H32N4O7.CCl2S.2CH4/c27-17-32-15-24-5-6-26(16-33-18-28)21(11-19-1-3-20(4-2-19)23-14-34)12-25(13-22(29)30)8-10-31-9-7-24;22-19-3-1-18(2-4-19)11-20-12-24(13-21(28)29)8-10-30-9-7-23(14-31-16-26)5-6-25(20)15-32-17-27;2-1(3)4;;/h1-4,17-18,21H,5-13,15-16H2,(H,29,30);1-4,16-17,20H,5-15,22H2,(H,28,29);;2*1H4. The van der Waals surface area contributed by atoms with Gasteiger partial charge in [0.15, 0.2) is 3.78 Å². The molecule has 4 N–H and O–H groups in total. The molecule has 0 bridgehead atoms. The Morgan fingerprint density at radius 3 is 1.32 bits per heavy atom. The van der Waals surface area contributed by atoms with Crippen LogP contribution in [0.3, 0.4) is 0 Å². The fraction of sp³-hybridized carbons (Fsp3) is 0.565. The number of ether oxygens (including phenoxy) is 6. The van der Waals surface area contributed by atoms with E-state index in [2.05, 4.69) is 34.6 Å². The van der Waals surface area contributed by atoms with Gasteiger partial charge in [0.1, 0.15) is 26.9 Å². The highest BCUT2D eigenvalue weighted by molar-refractivity contribution is 7.86. The Morgan fingerprint density at radius 1 is 0.625 bits per heavy atom. The van der Waals surface area contributed by atoms with Crippen LogP contribution in [0.25, 0.3) is 0 Å². The first-order valence-corrected chi connectivity index (χ1v) is 23.4. The molecule has 404 valence electrons. The number of anilines is 1. The summed E-state index contributed by atoms with van der Waals surface area (Å²) >= 11 is 18.3. The molecule has 0 radical (unpaired) electrons. The van der Waals surface area contributed by atoms with Gasteiger partial charge in [0, 0.05) is 83.2 Å². The van der Waals surface area contributed by atoms with Gasteiger partial charge in [-0.15, -0.1) is 0 Å². The highest BCUT2D eigenvalue weighted by Crippen LogP contribution is 2.18. The maximum absolute atomic E-state index is 11.5. The maximum atomic E-state index is 11.5. The zero-order valence-corrected chi connectivity index (χ0v) is 41.9. The molecule has 2 aliphatic heterocycles. The van der Waals surface area contributed by atoms with Crippen LogP contribution in [0.2, 0.25) is 0 Å². The van der Waals surface area contributed by atoms with Gasteiger partial charge in [0.25, 0.3) is 25.9 Å². The van der Waals surface area contributed by atoms with E-state index in [9.17, 15) is 39.0 Å². The Hall–Kier alpha value is -4.79. The third-order valence-electron chi connectivity index (χ3n) is 10.6. The highest BCUT2D eigenvalue weighted by atomic mass is 35.5. The molecule has 2 atom stereocenters. The predicted octanol–water partition coefficient (Wildman–Crippen LogP) is 3.10. The molecule has 0 saturated carbocycles. The number of aliphatic carboxylic acids is 2. The van der Waals surface area contributed by atoms with E-state index in [1.165, 1.54) is 0 Å². The molecule has 2 fully saturated rings. The van der Waals surface area contributed by atoms with Crippen LogP contribution in [0.4, 0.5) is 11.4 Å². The molecule has 4 rings (SSSR count). The summed E-state index contributed by atoms with van der Waals surface area (Å²) in [5.41, 5.74) is 9.18. The maximum Gasteiger partial charge on any atom is 0.317 e. The molecular weight excluding hydrogens is 1020 g/mol. The van der Waals surface area contributed by atoms with E-state index in [1.54, 1.807) is 0 Å². The van der Waals surface area contributed by atoms with Crippen molar-refractivity contribution in [2.75, 3.05) is 138 Å². The molecule has 26 heteroatoms. The van der Waals surface area contributed by atoms with Crippen LogP contribution in [0.15, 0.2) is 53.5 Å². The zero-order chi connectivity index (χ0) is 51.4. The molecule has 2 saturated heterocycles. The number of carboxylic acid groups (broad SMARTS) is 2. The van der Waals surface area contributed by atoms with Crippen LogP contribution in [0.1, 0.15) is 26.0 Å². The van der Waals surface area contributed by atoms with Crippen LogP contribution >= 0.6 is 47.6 Å². The fourth-order valence-corrected chi connectivity index (χ4v) is 7.36. The Labute approximate surface area is 442 Å². The Balaban J connectivity index is 0.00000127. The van der Waals surface area contributed by atoms with Crippen molar-refractivity contribution in [3.63, 3.8) is 0 Å². The van der Waals surface area contributed by atoms with Crippen molar-refractivity contribution < 1.29 is 67.4 Å². The summed E-state index contributed by atoms with van der Waals surface area (Å²) < 4.78 is 31.3. The minimum absolute atomic E-state index is 0. The van der Waals surface area contributed by atoms with Crippen molar-refractivity contribution in [3.8, 4) is 0 Å². The van der Waals surface area contributed by atoms with Gasteiger partial charge in [0.05, 0.1) is 50.4 Å². The molecule has 0 amide bonds. The van der Waals surface area contributed by atoms with Gasteiger partial charge in [-0.1, -0.05) is 74.5 Å². The number of halogens is 2. The van der Waals surface area contributed by atoms with Crippen LogP contribution in [-0.2, 0) is 70.0 Å². The zero-order valence-electron chi connectivity index (χ0n) is 38.7. The molecule has 2 heterocycles. The molecule has 2 unspecified atom stereocenters. The second-order valence-corrected chi connectivity index (χ2v) is 17.5. The number of nitrogens with zero attached hydrogens (tertiary/aromatic N) is 7. The van der Waals surface area contributed by atoms with Crippen molar-refractivity contribution in [2.45, 2.75) is 39.8 Å². The number of rotatable bonds is 21. The minimum Gasteiger partial charge on any atom is -0.480 e. The lowest BCUT2D eigenvalue weighted by Gasteiger charge is -2.36. The number of carboxylic acids is 2. The molecule has 2 aromatic carbocycles. The molecule has 0 spiro atoms. The molecule has 22 nitrogen and oxygen atoms in total. The van der Waals surface area contributed by atoms with E-state index >= 15 is 0 Å². The van der Waals surface area contributed by atoms with Gasteiger partial charge < -0.3 is 44.4 Å². The van der Waals surface area contributed by atoms with Crippen LogP contribution in [-0.4, -0.2) is 230 Å². The normalized spacial score (nSPS) is 18.2. The van der Waals surface area contributed by atoms with E-state index in [0.29, 0.717) is 142 Å². The van der Waals surface area contributed by atoms with Crippen LogP contribution in [0.5, 0.6) is 0 Å². The number of nitrogen functional groups attached to an aromatic ring is 1. The molecule has 2 aromatic rings. The lowest BCUT2D eigenvalue weighted by atomic mass is 10.0. The molecule has 2 aliphatic rings. The van der Waals surface area contributed by atoms with Gasteiger partial charge in [0.2, 0.25) is 0 Å². The Morgan fingerprint density at radius 2 is 0.972 bits per heavy atom. The number of isothiocyanates is 1. The molecule has 0 aliphatic carbocycles. The number of nitrogens with two attached hydrogens (primary N) is 1. The average molecular weight is 1090 g/mol. The van der Waals surface area contributed by atoms with Crippen molar-refractivity contribution in [3.05, 3.63) is 59.7 Å². The largest absolute Gasteiger partial charge is 0.480 e. The van der Waals surface area contributed by atoms with E-state index in [0.717, 1.165) is 11.1 Å². The van der Waals surface area contributed by atoms with Crippen molar-refractivity contribution in [1.29, 1.82) is 0 Å². The van der Waals surface area contributed by atoms with Gasteiger partial charge in [-0.3, -0.25) is 58.2 Å². The monoisotopic (exact) mass is 1090 g/mol. The molecule has 0 aromatic heterocycles. The second kappa shape index (κ2) is 41.7. The number of benzene rings is 2. The van der Waals surface area contributed by atoms with E-state index < -0.39 is 11.9 Å². The van der Waals surface area contributed by atoms with Crippen LogP contribution in [0, 0.1) is 0 Å². The second-order valence-electron chi connectivity index (χ2n) is 15.5. The summed E-state index contributed by atoms with van der Waals surface area (Å²) in [6.07, 6.45) is 1.18. The lowest BCUT2D eigenvalue weighted by molar-refractivity contribution is -0.140. The lowest BCUT2D eigenvalue weighted by Crippen LogP contribution is -2.51. The van der Waals surface area contributed by atoms with Crippen molar-refractivity contribution in [2.24, 2.45) is 4.99 Å². The summed E-state index contributed by atoms with van der Waals surface area (Å²) in [7, 11) is 0. The average Bonchev–Trinajstić information content (AvgIpc) is 3.31. The Bertz CT molecular complexity index is 1890. The van der Waals surface area contributed by atoms with Gasteiger partial charge in [-0.25, -0.2) is 0 Å². The first-order valence-electron chi connectivity index (χ1n) is 21.8. The SMILES string of the molecule is C.C.Nc1ccc(CC2CN(CC(=O)O)CCOCCN(COC=O)CCN2COC=O)cc1.O=COCN1CCOCCN(CC(=O)O)CC(Cc2ccc(N=C=S)cc2)N(COC=O)CC1.S=C(Cl)Cl. The number of thiocarbonyl (C=S) groups is 2. The third-order valence-corrected chi connectivity index (χ3v) is 10.7. The van der Waals surface area contributed by atoms with Crippen LogP contribution < -0.4 is 5.73 Å². The topological polar surface area (TPSA) is 256 Å². The number of aliphatic imine (C=N–C) groups is 1. The summed E-state index contributed by atoms with van der Waals surface area (Å²) in [6.45, 7) is 8.10. The highest BCUT2D eigenvalue weighted by Gasteiger charge is 2.27. The van der Waals surface area contributed by atoms with Gasteiger partial charge >= 0.3 is 11.9 Å². The van der Waals surface area contributed by atoms with E-state index in [4.69, 9.17) is 57.4 Å². The first kappa shape index (κ1) is 67.2. The van der Waals surface area contributed by atoms with E-state index in [1.807, 2.05) is 77.9 Å². The molecular formula is C46H70Cl2N8O14S2. The van der Waals surface area contributed by atoms with Gasteiger partial charge in [-0.2, -0.15) is 4.99 Å². The fourth-order valence-electron chi connectivity index (χ4n) is 7.25. The third kappa shape index (κ3) is 31.6. The quantitative estimate of drug-likeness (QED) is 0.0405. The summed E-state index contributed by atoms with van der Waals surface area (Å²) in [6, 6.07) is 14.7. The minimum atomic E-state index is -0.930. The predicted molar refractivity (Wildman–Crippen MR) is 279 cm³/mol. The smallest absolute Gasteiger partial charge is 0.317 e. The number of carbonyl (C=O) groups excluding carboxylic acids is 4. The first-order chi connectivity index (χ1) is 33.8. The summed E-state index contributed by atoms with van der Waals surface area (Å²) in [4.78, 5) is 81.5. The summed E-state index contributed by atoms with van der Waals surface area (Å²) in [5, 5.41) is 21.1. The number of carbonyl (C=O) groups is 6. The molecule has 72 heavy (non-hydrogen) atoms. The number of hydrogen-bond acceptors (Lipinski definition) is 22. The summed E-state index contributed by atoms with van der Waals surface area (Å²) in [5.74, 6) is -1.85. The number of hydrogen-bond donors (Lipinski definition) is 3. The van der Waals surface area contributed by atoms with Gasteiger partial charge in [-0.05, 0) is 60.5 Å².